The number of aliphatic hydroxyl groups is 1. The van der Waals surface area contributed by atoms with Crippen LogP contribution < -0.4 is 22.1 Å². The van der Waals surface area contributed by atoms with E-state index in [-0.39, 0.29) is 38.0 Å². The molecule has 0 amide bonds. The maximum absolute atomic E-state index is 12.9. The Morgan fingerprint density at radius 1 is 0.319 bits per heavy atom. The van der Waals surface area contributed by atoms with Crippen LogP contribution in [0.4, 0.5) is 0 Å². The molecule has 19 nitrogen and oxygen atoms in total. The third-order valence-electron chi connectivity index (χ3n) is 16.0. The summed E-state index contributed by atoms with van der Waals surface area (Å²) >= 11 is 0. The normalized spacial score (nSPS) is 13.8. The molecular weight excluding hydrogens is 1200 g/mol. The van der Waals surface area contributed by atoms with Gasteiger partial charge in [0.1, 0.15) is 19.3 Å². The summed E-state index contributed by atoms with van der Waals surface area (Å²) < 4.78 is 67.4. The second-order valence-corrected chi connectivity index (χ2v) is 27.7. The number of ether oxygens (including phenoxy) is 4. The van der Waals surface area contributed by atoms with Crippen LogP contribution in [0.5, 0.6) is 0 Å². The topological polar surface area (TPSA) is 316 Å². The van der Waals surface area contributed by atoms with Crippen molar-refractivity contribution >= 4 is 39.5 Å². The zero-order valence-electron chi connectivity index (χ0n) is 59.1. The number of hydrogen-bond acceptors (Lipinski definition) is 17. The Hall–Kier alpha value is -2.28. The van der Waals surface area contributed by atoms with Crippen molar-refractivity contribution in [3.05, 3.63) is 12.2 Å². The number of carbonyl (C=O) groups excluding carboxylic acids is 4. The van der Waals surface area contributed by atoms with Gasteiger partial charge in [-0.25, -0.2) is 0 Å². The summed E-state index contributed by atoms with van der Waals surface area (Å²) in [6.45, 7) is 4.50. The highest BCUT2D eigenvalue weighted by atomic mass is 31.2. The molecule has 0 aromatic carbocycles. The van der Waals surface area contributed by atoms with Crippen molar-refractivity contribution in [3.63, 3.8) is 0 Å². The fourth-order valence-corrected chi connectivity index (χ4v) is 11.9. The Kier molecular flexibility index (Phi) is 70.5. The summed E-state index contributed by atoms with van der Waals surface area (Å²) in [4.78, 5) is 77.1. The van der Waals surface area contributed by atoms with E-state index in [9.17, 15) is 43.2 Å². The first-order valence-electron chi connectivity index (χ1n) is 36.4. The molecule has 0 saturated carbocycles. The minimum Gasteiger partial charge on any atom is -0.756 e. The molecule has 0 radical (unpaired) electrons. The minimum absolute atomic E-state index is 0. The lowest BCUT2D eigenvalue weighted by molar-refractivity contribution is -0.233. The lowest BCUT2D eigenvalue weighted by atomic mass is 10.0. The van der Waals surface area contributed by atoms with Crippen LogP contribution in [0.25, 0.3) is 0 Å². The number of quaternary nitrogens is 2. The van der Waals surface area contributed by atoms with E-state index in [1.165, 1.54) is 173 Å². The molecule has 0 bridgehead atoms. The molecule has 9 N–H and O–H groups in total. The molecule has 0 heterocycles. The lowest BCUT2D eigenvalue weighted by Gasteiger charge is -2.28. The Balaban J connectivity index is -0.0000387. The van der Waals surface area contributed by atoms with Crippen molar-refractivity contribution in [1.82, 2.24) is 12.3 Å². The quantitative estimate of drug-likeness (QED) is 0.0167. The molecule has 21 heteroatoms. The minimum atomic E-state index is -5.22. The molecule has 0 aliphatic rings. The average Bonchev–Trinajstić information content (AvgIpc) is 3.59. The zero-order chi connectivity index (χ0) is 65.4. The molecule has 0 spiro atoms. The van der Waals surface area contributed by atoms with Crippen LogP contribution in [0, 0.1) is 0 Å². The summed E-state index contributed by atoms with van der Waals surface area (Å²) in [6.07, 6.45) is 52.9. The van der Waals surface area contributed by atoms with Gasteiger partial charge in [0.25, 0.3) is 15.6 Å². The number of carbonyl (C=O) groups is 4. The molecule has 542 valence electrons. The highest BCUT2D eigenvalue weighted by molar-refractivity contribution is 7.46. The Bertz CT molecular complexity index is 1770. The van der Waals surface area contributed by atoms with Gasteiger partial charge in [-0.1, -0.05) is 290 Å². The monoisotopic (exact) mass is 1340 g/mol. The van der Waals surface area contributed by atoms with Crippen molar-refractivity contribution in [2.45, 2.75) is 373 Å². The molecule has 3 unspecified atom stereocenters. The summed E-state index contributed by atoms with van der Waals surface area (Å²) in [7, 11) is -10.4. The number of unbranched alkanes of at least 4 members (excludes halogenated alkanes) is 42. The predicted molar refractivity (Wildman–Crippen MR) is 366 cm³/mol. The smallest absolute Gasteiger partial charge is 0.306 e. The van der Waals surface area contributed by atoms with Crippen LogP contribution in [0.15, 0.2) is 12.2 Å². The Morgan fingerprint density at radius 3 is 0.791 bits per heavy atom. The van der Waals surface area contributed by atoms with E-state index in [4.69, 9.17) is 37.0 Å². The number of hydrogen-bond donors (Lipinski definition) is 3. The van der Waals surface area contributed by atoms with Crippen LogP contribution in [0.1, 0.15) is 355 Å². The van der Waals surface area contributed by atoms with Gasteiger partial charge < -0.3 is 64.2 Å². The van der Waals surface area contributed by atoms with Gasteiger partial charge in [-0.15, -0.1) is 0 Å². The standard InChI is InChI=1S/C70H134O17P2.2H3N/c1-5-9-13-17-21-25-29-33-37-41-45-49-53-57-70(75)87-66(61-81-68(73)55-51-47-43-39-35-31-27-23-19-15-11-7-3)63-85-89(78,79)83-59-64(71)58-82-88(76,77)84-62-65(86-69(74)56-52-48-44-40-36-32-28-24-20-16-12-8-4)60-80-67(72)54-50-46-42-38-34-30-26-22-18-14-10-6-2;;/h25,29,64-66,71H,5-24,26-28,30-63H2,1-4H3,(H,76,77)(H,78,79);2*1H3/b29-25-;;/t64?,65-,66-;;/m1../s1. The fraction of sp³-hybridized carbons (Fsp3) is 0.914. The van der Waals surface area contributed by atoms with Crippen molar-refractivity contribution in [2.24, 2.45) is 0 Å². The van der Waals surface area contributed by atoms with Crippen LogP contribution in [0.3, 0.4) is 0 Å². The molecule has 0 saturated heterocycles. The van der Waals surface area contributed by atoms with E-state index >= 15 is 0 Å². The van der Waals surface area contributed by atoms with Gasteiger partial charge in [0, 0.05) is 25.7 Å². The highest BCUT2D eigenvalue weighted by Crippen LogP contribution is 2.41. The number of phosphoric acid groups is 2. The van der Waals surface area contributed by atoms with Crippen molar-refractivity contribution < 1.29 is 80.2 Å². The molecule has 0 aliphatic carbocycles. The second kappa shape index (κ2) is 69.1. The van der Waals surface area contributed by atoms with E-state index in [1.807, 2.05) is 0 Å². The van der Waals surface area contributed by atoms with Gasteiger partial charge in [-0.05, 0) is 51.4 Å². The summed E-state index contributed by atoms with van der Waals surface area (Å²) in [6, 6.07) is 0. The zero-order valence-corrected chi connectivity index (χ0v) is 60.9. The molecule has 5 atom stereocenters. The van der Waals surface area contributed by atoms with Crippen LogP contribution in [0.2, 0.25) is 0 Å². The van der Waals surface area contributed by atoms with Gasteiger partial charge >= 0.3 is 23.9 Å². The molecule has 91 heavy (non-hydrogen) atoms. The van der Waals surface area contributed by atoms with Gasteiger partial charge in [0.2, 0.25) is 0 Å². The van der Waals surface area contributed by atoms with E-state index in [1.54, 1.807) is 0 Å². The van der Waals surface area contributed by atoms with Crippen molar-refractivity contribution in [2.75, 3.05) is 39.6 Å². The third-order valence-corrected chi connectivity index (χ3v) is 17.9. The van der Waals surface area contributed by atoms with Gasteiger partial charge in [0.15, 0.2) is 12.2 Å². The van der Waals surface area contributed by atoms with Gasteiger partial charge in [-0.3, -0.25) is 28.3 Å². The number of phosphoric ester groups is 2. The largest absolute Gasteiger partial charge is 0.756 e. The first-order chi connectivity index (χ1) is 43.2. The first kappa shape index (κ1) is 92.9. The van der Waals surface area contributed by atoms with E-state index in [2.05, 4.69) is 39.8 Å². The van der Waals surface area contributed by atoms with Crippen molar-refractivity contribution in [3.8, 4) is 0 Å². The van der Waals surface area contributed by atoms with E-state index < -0.39 is 97.5 Å². The van der Waals surface area contributed by atoms with Crippen LogP contribution in [-0.4, -0.2) is 86.9 Å². The SMILES string of the molecule is CCCCCC/C=C\CCCCCCCC(=O)O[C@H](COC(=O)CCCCCCCCCCCCCC)COP(=O)([O-])OCC(O)COP(=O)([O-])OC[C@@H](COC(=O)CCCCCCCCCCCCCC)OC(=O)CCCCCCCCCCCCCC.[NH4+].[NH4+]. The Labute approximate surface area is 555 Å². The third kappa shape index (κ3) is 68.9. The summed E-state index contributed by atoms with van der Waals surface area (Å²) in [5.74, 6) is -2.23. The van der Waals surface area contributed by atoms with E-state index in [0.717, 1.165) is 103 Å². The molecule has 0 aromatic heterocycles. The maximum Gasteiger partial charge on any atom is 0.306 e. The molecule has 0 fully saturated rings. The summed E-state index contributed by atoms with van der Waals surface area (Å²) in [5.41, 5.74) is 0. The van der Waals surface area contributed by atoms with Crippen LogP contribution in [-0.2, 0) is 65.4 Å². The average molecular weight is 1340 g/mol. The second-order valence-electron chi connectivity index (χ2n) is 24.9. The highest BCUT2D eigenvalue weighted by Gasteiger charge is 2.25. The van der Waals surface area contributed by atoms with E-state index in [0.29, 0.717) is 25.7 Å². The number of esters is 4. The fourth-order valence-electron chi connectivity index (χ4n) is 10.4. The number of rotatable bonds is 70. The molecule has 0 aliphatic heterocycles. The Morgan fingerprint density at radius 2 is 0.527 bits per heavy atom. The summed E-state index contributed by atoms with van der Waals surface area (Å²) in [5, 5.41) is 10.5. The molecule has 0 rings (SSSR count). The molecule has 0 aromatic rings. The van der Waals surface area contributed by atoms with Crippen molar-refractivity contribution in [1.29, 1.82) is 0 Å². The number of allylic oxidation sites excluding steroid dienone is 2. The first-order valence-corrected chi connectivity index (χ1v) is 39.3. The number of aliphatic hydroxyl groups excluding tert-OH is 1. The van der Waals surface area contributed by atoms with Gasteiger partial charge in [-0.2, -0.15) is 0 Å². The predicted octanol–water partition coefficient (Wildman–Crippen LogP) is 19.5. The maximum atomic E-state index is 12.9. The lowest BCUT2D eigenvalue weighted by Crippen LogP contribution is -2.31. The van der Waals surface area contributed by atoms with Crippen LogP contribution >= 0.6 is 15.6 Å². The van der Waals surface area contributed by atoms with Gasteiger partial charge in [0.05, 0.1) is 26.4 Å². The molecular formula is C70H140N2O17P2.